The molecule has 4 heteroatoms. The van der Waals surface area contributed by atoms with Crippen LogP contribution in [0.3, 0.4) is 0 Å². The lowest BCUT2D eigenvalue weighted by Crippen LogP contribution is -1.63. The van der Waals surface area contributed by atoms with Crippen LogP contribution in [0.15, 0.2) is 18.1 Å². The molecule has 0 aromatic carbocycles. The summed E-state index contributed by atoms with van der Waals surface area (Å²) >= 11 is 0. The van der Waals surface area contributed by atoms with Crippen LogP contribution in [-0.2, 0) is 0 Å². The van der Waals surface area contributed by atoms with Gasteiger partial charge in [-0.1, -0.05) is 0 Å². The normalized spacial score (nSPS) is 8.00. The zero-order chi connectivity index (χ0) is 4.24. The van der Waals surface area contributed by atoms with E-state index in [-0.39, 0.29) is 24.0 Å². The molecule has 1 heterocycles. The van der Waals surface area contributed by atoms with Crippen LogP contribution >= 0.6 is 32.3 Å². The number of hydrogen-bond acceptors (Lipinski definition) is 2. The van der Waals surface area contributed by atoms with Crippen molar-refractivity contribution in [2.24, 2.45) is 0 Å². The maximum Gasteiger partial charge on any atom is 0.0632 e. The number of aromatic nitrogens is 2. The Morgan fingerprint density at radius 1 is 1.43 bits per heavy atom. The predicted molar refractivity (Wildman–Crippen MR) is 40.0 cm³/mol. The van der Waals surface area contributed by atoms with Crippen molar-refractivity contribution in [3.05, 3.63) is 18.1 Å². The van der Waals surface area contributed by atoms with Gasteiger partial charge in [-0.3, -0.25) is 0 Å². The summed E-state index contributed by atoms with van der Waals surface area (Å²) < 4.78 is 0. The van der Waals surface area contributed by atoms with Crippen molar-refractivity contribution in [3.8, 4) is 0 Å². The van der Waals surface area contributed by atoms with Crippen LogP contribution < -0.4 is 0 Å². The lowest BCUT2D eigenvalue weighted by molar-refractivity contribution is 1.13. The molecule has 1 aromatic heterocycles. The first-order chi connectivity index (χ1) is 3.00. The van der Waals surface area contributed by atoms with Gasteiger partial charge < -0.3 is 0 Å². The van der Waals surface area contributed by atoms with E-state index in [0.717, 1.165) is 8.35 Å². The van der Waals surface area contributed by atoms with Crippen molar-refractivity contribution < 1.29 is 0 Å². The van der Waals surface area contributed by atoms with Crippen molar-refractivity contribution in [1.29, 1.82) is 0 Å². The van der Waals surface area contributed by atoms with E-state index in [0.29, 0.717) is 0 Å². The summed E-state index contributed by atoms with van der Waals surface area (Å²) in [7, 11) is 0.945. The van der Waals surface area contributed by atoms with E-state index in [2.05, 4.69) is 9.96 Å². The van der Waals surface area contributed by atoms with Gasteiger partial charge in [-0.05, 0) is 11.9 Å². The number of hydrogen-bond donors (Lipinski definition) is 0. The van der Waals surface area contributed by atoms with Crippen LogP contribution in [0, 0.1) is 0 Å². The van der Waals surface area contributed by atoms with Gasteiger partial charge in [0, 0.05) is 0 Å². The Labute approximate surface area is 60.5 Å². The molecule has 0 radical (unpaired) electrons. The molecule has 0 bridgehead atoms. The molecule has 0 spiro atoms. The lowest BCUT2D eigenvalue weighted by atomic mass is 10.8. The summed E-state index contributed by atoms with van der Waals surface area (Å²) in [5.74, 6) is 1.92. The molecule has 2 nitrogen and oxygen atoms in total. The molecule has 7 heavy (non-hydrogen) atoms. The van der Waals surface area contributed by atoms with Gasteiger partial charge in [0.2, 0.25) is 0 Å². The average molecular weight is 226 g/mol. The molecule has 0 aliphatic rings. The number of halogens is 1. The molecule has 0 unspecified atom stereocenters. The van der Waals surface area contributed by atoms with Crippen molar-refractivity contribution >= 4 is 32.3 Å². The van der Waals surface area contributed by atoms with Gasteiger partial charge >= 0.3 is 0 Å². The Bertz CT molecular complexity index is 84.9. The predicted octanol–water partition coefficient (Wildman–Crippen LogP) is 1.67. The zero-order valence-electron chi connectivity index (χ0n) is 3.48. The van der Waals surface area contributed by atoms with Gasteiger partial charge in [-0.25, -0.2) is 0 Å². The SMILES string of the molecule is I.c1cnnpc1. The van der Waals surface area contributed by atoms with E-state index in [1.807, 2.05) is 11.9 Å². The van der Waals surface area contributed by atoms with Crippen molar-refractivity contribution in [2.45, 2.75) is 0 Å². The summed E-state index contributed by atoms with van der Waals surface area (Å²) in [6.07, 6.45) is 1.66. The first-order valence-corrected chi connectivity index (χ1v) is 2.50. The maximum atomic E-state index is 3.63. The quantitative estimate of drug-likeness (QED) is 0.629. The van der Waals surface area contributed by atoms with Crippen molar-refractivity contribution in [1.82, 2.24) is 9.96 Å². The van der Waals surface area contributed by atoms with Crippen LogP contribution in [-0.4, -0.2) is 9.96 Å². The van der Waals surface area contributed by atoms with Crippen molar-refractivity contribution in [2.75, 3.05) is 0 Å². The molecule has 38 valence electrons. The third-order valence-corrected chi connectivity index (χ3v) is 0.921. The minimum atomic E-state index is 0. The largest absolute Gasteiger partial charge is 0.155 e. The van der Waals surface area contributed by atoms with E-state index in [9.17, 15) is 0 Å². The third kappa shape index (κ3) is 2.88. The van der Waals surface area contributed by atoms with Crippen LogP contribution in [0.4, 0.5) is 0 Å². The average Bonchev–Trinajstić information content (AvgIpc) is 1.72. The molecule has 1 aromatic rings. The third-order valence-electron chi connectivity index (χ3n) is 0.409. The van der Waals surface area contributed by atoms with Crippen LogP contribution in [0.5, 0.6) is 0 Å². The molecule has 1 rings (SSSR count). The maximum absolute atomic E-state index is 3.63. The molecule has 0 saturated carbocycles. The number of nitrogens with zero attached hydrogens (tertiary/aromatic N) is 2. The minimum Gasteiger partial charge on any atom is -0.155 e. The van der Waals surface area contributed by atoms with E-state index in [1.165, 1.54) is 0 Å². The molecule has 0 saturated heterocycles. The van der Waals surface area contributed by atoms with Gasteiger partial charge in [0.05, 0.1) is 14.5 Å². The Hall–Kier alpha value is 0.240. The fourth-order valence-corrected chi connectivity index (χ4v) is 0.538. The fourth-order valence-electron chi connectivity index (χ4n) is 0.205. The standard InChI is InChI=1S/C3H3N2P.HI/c1-2-4-5-6-3-1;/h1-3H;1H. The topological polar surface area (TPSA) is 25.8 Å². The highest BCUT2D eigenvalue weighted by Crippen LogP contribution is 1.88. The second-order valence-corrected chi connectivity index (χ2v) is 1.52. The van der Waals surface area contributed by atoms with Gasteiger partial charge in [0.1, 0.15) is 0 Å². The van der Waals surface area contributed by atoms with E-state index < -0.39 is 0 Å². The lowest BCUT2D eigenvalue weighted by Gasteiger charge is -1.67. The molecule has 0 amide bonds. The highest BCUT2D eigenvalue weighted by molar-refractivity contribution is 14.0. The number of rotatable bonds is 0. The fraction of sp³-hybridized carbons (Fsp3) is 0. The molecule has 0 N–H and O–H groups in total. The monoisotopic (exact) mass is 226 g/mol. The smallest absolute Gasteiger partial charge is 0.0632 e. The van der Waals surface area contributed by atoms with E-state index in [1.54, 1.807) is 6.20 Å². The summed E-state index contributed by atoms with van der Waals surface area (Å²) in [5, 5.41) is 3.58. The Kier molecular flexibility index (Phi) is 4.55. The zero-order valence-corrected chi connectivity index (χ0v) is 6.71. The summed E-state index contributed by atoms with van der Waals surface area (Å²) in [4.78, 5) is 3.63. The first-order valence-electron chi connectivity index (χ1n) is 1.58. The second kappa shape index (κ2) is 4.40. The van der Waals surface area contributed by atoms with Crippen LogP contribution in [0.2, 0.25) is 0 Å². The van der Waals surface area contributed by atoms with Gasteiger partial charge in [-0.2, -0.15) is 5.10 Å². The Morgan fingerprint density at radius 3 is 2.43 bits per heavy atom. The van der Waals surface area contributed by atoms with E-state index in [4.69, 9.17) is 0 Å². The molecule has 0 fully saturated rings. The van der Waals surface area contributed by atoms with Gasteiger partial charge in [0.25, 0.3) is 0 Å². The highest BCUT2D eigenvalue weighted by Gasteiger charge is 1.60. The van der Waals surface area contributed by atoms with Gasteiger partial charge in [-0.15, -0.1) is 28.8 Å². The highest BCUT2D eigenvalue weighted by atomic mass is 127. The summed E-state index contributed by atoms with van der Waals surface area (Å²) in [5.41, 5.74) is 0. The molecule has 0 aliphatic heterocycles. The Balaban J connectivity index is 0.000000360. The van der Waals surface area contributed by atoms with Gasteiger partial charge in [0.15, 0.2) is 0 Å². The molecular formula is C3H4IN2P. The first kappa shape index (κ1) is 7.24. The second-order valence-electron chi connectivity index (χ2n) is 0.811. The molecular weight excluding hydrogens is 222 g/mol. The summed E-state index contributed by atoms with van der Waals surface area (Å²) in [6.45, 7) is 0. The Morgan fingerprint density at radius 2 is 2.29 bits per heavy atom. The van der Waals surface area contributed by atoms with E-state index >= 15 is 0 Å². The van der Waals surface area contributed by atoms with Crippen LogP contribution in [0.25, 0.3) is 0 Å². The van der Waals surface area contributed by atoms with Crippen LogP contribution in [0.1, 0.15) is 0 Å². The summed E-state index contributed by atoms with van der Waals surface area (Å²) in [6, 6.07) is 1.87. The van der Waals surface area contributed by atoms with Crippen molar-refractivity contribution in [3.63, 3.8) is 0 Å². The molecule has 0 aliphatic carbocycles. The molecule has 0 atom stereocenters. The minimum absolute atomic E-state index is 0.